The zero-order valence-electron chi connectivity index (χ0n) is 15.2. The van der Waals surface area contributed by atoms with Crippen LogP contribution in [0.4, 0.5) is 4.39 Å². The van der Waals surface area contributed by atoms with Gasteiger partial charge < -0.3 is 4.57 Å². The summed E-state index contributed by atoms with van der Waals surface area (Å²) in [5, 5.41) is 0.760. The highest BCUT2D eigenvalue weighted by atomic mass is 35.5. The fourth-order valence-electron chi connectivity index (χ4n) is 3.33. The van der Waals surface area contributed by atoms with Crippen molar-refractivity contribution >= 4 is 11.6 Å². The van der Waals surface area contributed by atoms with Crippen LogP contribution in [0.5, 0.6) is 0 Å². The normalized spacial score (nSPS) is 10.9. The summed E-state index contributed by atoms with van der Waals surface area (Å²) in [6, 6.07) is 18.3. The van der Waals surface area contributed by atoms with Gasteiger partial charge in [0.1, 0.15) is 5.82 Å². The molecule has 0 saturated carbocycles. The first-order valence-corrected chi connectivity index (χ1v) is 9.54. The van der Waals surface area contributed by atoms with Crippen LogP contribution in [0, 0.1) is 5.82 Å². The lowest BCUT2D eigenvalue weighted by Crippen LogP contribution is -2.01. The summed E-state index contributed by atoms with van der Waals surface area (Å²) >= 11 is 6.08. The summed E-state index contributed by atoms with van der Waals surface area (Å²) < 4.78 is 15.5. The zero-order chi connectivity index (χ0) is 19.3. The number of pyridine rings is 1. The molecule has 0 saturated heterocycles. The van der Waals surface area contributed by atoms with Crippen molar-refractivity contribution in [1.82, 2.24) is 14.5 Å². The predicted molar refractivity (Wildman–Crippen MR) is 111 cm³/mol. The van der Waals surface area contributed by atoms with Gasteiger partial charge in [-0.25, -0.2) is 9.37 Å². The minimum atomic E-state index is -0.254. The third kappa shape index (κ3) is 4.12. The van der Waals surface area contributed by atoms with Crippen molar-refractivity contribution in [3.8, 4) is 22.5 Å². The fraction of sp³-hybridized carbons (Fsp3) is 0.130. The number of aromatic nitrogens is 3. The lowest BCUT2D eigenvalue weighted by Gasteiger charge is -2.11. The molecule has 0 amide bonds. The number of aryl methyl sites for hydroxylation is 2. The Hall–Kier alpha value is -2.98. The second-order valence-electron chi connectivity index (χ2n) is 6.61. The first-order chi connectivity index (χ1) is 13.7. The predicted octanol–water partition coefficient (Wildman–Crippen LogP) is 6.04. The van der Waals surface area contributed by atoms with Crippen LogP contribution in [0.2, 0.25) is 5.02 Å². The Kier molecular flexibility index (Phi) is 5.49. The van der Waals surface area contributed by atoms with Crippen LogP contribution < -0.4 is 0 Å². The van der Waals surface area contributed by atoms with Gasteiger partial charge in [-0.1, -0.05) is 23.7 Å². The van der Waals surface area contributed by atoms with E-state index in [1.165, 1.54) is 17.7 Å². The minimum absolute atomic E-state index is 0.254. The van der Waals surface area contributed by atoms with Crippen molar-refractivity contribution in [3.05, 3.63) is 95.8 Å². The molecule has 0 aliphatic heterocycles. The number of nitrogens with zero attached hydrogens (tertiary/aromatic N) is 3. The molecular weight excluding hydrogens is 373 g/mol. The number of hydrogen-bond acceptors (Lipinski definition) is 2. The van der Waals surface area contributed by atoms with Gasteiger partial charge in [-0.2, -0.15) is 0 Å². The molecule has 3 nitrogen and oxygen atoms in total. The van der Waals surface area contributed by atoms with Crippen molar-refractivity contribution in [1.29, 1.82) is 0 Å². The van der Waals surface area contributed by atoms with Gasteiger partial charge in [0.05, 0.1) is 17.7 Å². The molecule has 4 aromatic rings. The highest BCUT2D eigenvalue weighted by molar-refractivity contribution is 6.30. The van der Waals surface area contributed by atoms with Crippen LogP contribution in [0.3, 0.4) is 0 Å². The van der Waals surface area contributed by atoms with E-state index in [1.807, 2.05) is 36.7 Å². The summed E-state index contributed by atoms with van der Waals surface area (Å²) in [6.45, 7) is 0.818. The second-order valence-corrected chi connectivity index (χ2v) is 7.05. The smallest absolute Gasteiger partial charge is 0.123 e. The van der Waals surface area contributed by atoms with Gasteiger partial charge >= 0.3 is 0 Å². The van der Waals surface area contributed by atoms with Crippen LogP contribution >= 0.6 is 11.6 Å². The molecule has 2 aromatic heterocycles. The average molecular weight is 392 g/mol. The van der Waals surface area contributed by atoms with Gasteiger partial charge in [-0.15, -0.1) is 0 Å². The number of benzene rings is 2. The van der Waals surface area contributed by atoms with E-state index in [2.05, 4.69) is 20.6 Å². The summed E-state index contributed by atoms with van der Waals surface area (Å²) in [5.41, 5.74) is 5.00. The molecule has 0 aliphatic rings. The Morgan fingerprint density at radius 3 is 2.46 bits per heavy atom. The summed E-state index contributed by atoms with van der Waals surface area (Å²) in [4.78, 5) is 8.75. The highest BCUT2D eigenvalue weighted by Gasteiger charge is 2.15. The number of rotatable bonds is 6. The molecule has 0 bridgehead atoms. The van der Waals surface area contributed by atoms with Gasteiger partial charge in [-0.05, 0) is 66.9 Å². The van der Waals surface area contributed by atoms with Crippen molar-refractivity contribution in [3.63, 3.8) is 0 Å². The van der Waals surface area contributed by atoms with E-state index >= 15 is 0 Å². The summed E-state index contributed by atoms with van der Waals surface area (Å²) in [6.07, 6.45) is 7.28. The van der Waals surface area contributed by atoms with Crippen LogP contribution in [0.25, 0.3) is 22.5 Å². The second kappa shape index (κ2) is 8.36. The standard InChI is InChI=1S/C23H19ClFN3/c24-20-5-1-3-17(15-20)4-2-14-28-16-27-22(18-6-8-21(25)9-7-18)23(28)19-10-12-26-13-11-19/h1,3,5-13,15-16H,2,4,14H2. The largest absolute Gasteiger partial charge is 0.330 e. The Balaban J connectivity index is 1.62. The Bertz CT molecular complexity index is 1060. The van der Waals surface area contributed by atoms with Crippen molar-refractivity contribution in [2.45, 2.75) is 19.4 Å². The van der Waals surface area contributed by atoms with E-state index in [4.69, 9.17) is 11.6 Å². The maximum Gasteiger partial charge on any atom is 0.123 e. The number of halogens is 2. The van der Waals surface area contributed by atoms with Gasteiger partial charge in [0.15, 0.2) is 0 Å². The molecule has 0 radical (unpaired) electrons. The maximum absolute atomic E-state index is 13.3. The quantitative estimate of drug-likeness (QED) is 0.401. The molecule has 0 spiro atoms. The van der Waals surface area contributed by atoms with E-state index in [0.717, 1.165) is 46.9 Å². The topological polar surface area (TPSA) is 30.7 Å². The van der Waals surface area contributed by atoms with Gasteiger partial charge in [0.25, 0.3) is 0 Å². The molecule has 4 rings (SSSR count). The first-order valence-electron chi connectivity index (χ1n) is 9.16. The molecule has 5 heteroatoms. The van der Waals surface area contributed by atoms with Crippen LogP contribution in [0.1, 0.15) is 12.0 Å². The third-order valence-corrected chi connectivity index (χ3v) is 4.90. The van der Waals surface area contributed by atoms with Crippen molar-refractivity contribution in [2.75, 3.05) is 0 Å². The molecule has 2 heterocycles. The fourth-order valence-corrected chi connectivity index (χ4v) is 3.54. The van der Waals surface area contributed by atoms with Crippen LogP contribution in [-0.4, -0.2) is 14.5 Å². The first kappa shape index (κ1) is 18.4. The third-order valence-electron chi connectivity index (χ3n) is 4.66. The van der Waals surface area contributed by atoms with Gasteiger partial charge in [-0.3, -0.25) is 4.98 Å². The highest BCUT2D eigenvalue weighted by Crippen LogP contribution is 2.31. The van der Waals surface area contributed by atoms with E-state index in [0.29, 0.717) is 0 Å². The lowest BCUT2D eigenvalue weighted by molar-refractivity contribution is 0.628. The van der Waals surface area contributed by atoms with Crippen molar-refractivity contribution < 1.29 is 4.39 Å². The van der Waals surface area contributed by atoms with Crippen LogP contribution in [0.15, 0.2) is 79.4 Å². The molecular formula is C23H19ClFN3. The molecule has 0 atom stereocenters. The number of hydrogen-bond donors (Lipinski definition) is 0. The van der Waals surface area contributed by atoms with E-state index < -0.39 is 0 Å². The Morgan fingerprint density at radius 1 is 0.929 bits per heavy atom. The molecule has 2 aromatic carbocycles. The summed E-state index contributed by atoms with van der Waals surface area (Å²) in [7, 11) is 0. The zero-order valence-corrected chi connectivity index (χ0v) is 16.0. The molecule has 140 valence electrons. The SMILES string of the molecule is Fc1ccc(-c2ncn(CCCc3cccc(Cl)c3)c2-c2ccncc2)cc1. The van der Waals surface area contributed by atoms with Gasteiger partial charge in [0, 0.05) is 35.1 Å². The lowest BCUT2D eigenvalue weighted by atomic mass is 10.1. The van der Waals surface area contributed by atoms with Gasteiger partial charge in [0.2, 0.25) is 0 Å². The molecule has 0 fully saturated rings. The molecule has 0 aliphatic carbocycles. The molecule has 0 unspecified atom stereocenters. The summed E-state index contributed by atoms with van der Waals surface area (Å²) in [5.74, 6) is -0.254. The Labute approximate surface area is 168 Å². The molecule has 28 heavy (non-hydrogen) atoms. The van der Waals surface area contributed by atoms with Crippen LogP contribution in [-0.2, 0) is 13.0 Å². The average Bonchev–Trinajstić information content (AvgIpc) is 3.13. The Morgan fingerprint density at radius 2 is 1.71 bits per heavy atom. The monoisotopic (exact) mass is 391 g/mol. The maximum atomic E-state index is 13.3. The minimum Gasteiger partial charge on any atom is -0.330 e. The van der Waals surface area contributed by atoms with Crippen molar-refractivity contribution in [2.24, 2.45) is 0 Å². The van der Waals surface area contributed by atoms with E-state index in [-0.39, 0.29) is 5.82 Å². The number of imidazole rings is 1. The van der Waals surface area contributed by atoms with E-state index in [9.17, 15) is 4.39 Å². The van der Waals surface area contributed by atoms with E-state index in [1.54, 1.807) is 24.5 Å². The molecule has 0 N–H and O–H groups in total.